The molecule has 1 aliphatic heterocycles. The van der Waals surface area contributed by atoms with Crippen LogP contribution in [0.2, 0.25) is 0 Å². The number of rotatable bonds is 5. The van der Waals surface area contributed by atoms with Gasteiger partial charge in [-0.25, -0.2) is 0 Å². The maximum absolute atomic E-state index is 13.6. The fourth-order valence-electron chi connectivity index (χ4n) is 3.75. The predicted molar refractivity (Wildman–Crippen MR) is 116 cm³/mol. The third-order valence-electron chi connectivity index (χ3n) is 5.18. The largest absolute Gasteiger partial charge is 0.292 e. The van der Waals surface area contributed by atoms with Gasteiger partial charge in [-0.15, -0.1) is 12.3 Å². The summed E-state index contributed by atoms with van der Waals surface area (Å²) in [5.74, 6) is 3.03. The van der Waals surface area contributed by atoms with E-state index in [1.165, 1.54) is 0 Å². The van der Waals surface area contributed by atoms with E-state index >= 15 is 0 Å². The summed E-state index contributed by atoms with van der Waals surface area (Å²) >= 11 is 0. The highest BCUT2D eigenvalue weighted by Crippen LogP contribution is 2.35. The number of hydrogen-bond donors (Lipinski definition) is 0. The smallest absolute Gasteiger partial charge is 0.235 e. The van der Waals surface area contributed by atoms with Crippen molar-refractivity contribution < 1.29 is 4.79 Å². The molecule has 1 aliphatic rings. The average molecular weight is 378 g/mol. The Labute approximate surface area is 171 Å². The summed E-state index contributed by atoms with van der Waals surface area (Å²) < 4.78 is 0. The van der Waals surface area contributed by atoms with Gasteiger partial charge in [-0.05, 0) is 11.1 Å². The average Bonchev–Trinajstić information content (AvgIpc) is 2.78. The van der Waals surface area contributed by atoms with E-state index in [9.17, 15) is 4.79 Å². The quantitative estimate of drug-likeness (QED) is 0.584. The number of terminal acetylenes is 1. The van der Waals surface area contributed by atoms with Gasteiger partial charge in [-0.3, -0.25) is 14.7 Å². The van der Waals surface area contributed by atoms with Gasteiger partial charge in [0.2, 0.25) is 5.91 Å². The molecule has 0 bridgehead atoms. The third kappa shape index (κ3) is 3.97. The van der Waals surface area contributed by atoms with E-state index in [1.807, 2.05) is 91.0 Å². The number of hydrogen-bond acceptors (Lipinski definition) is 2. The van der Waals surface area contributed by atoms with Gasteiger partial charge in [0.25, 0.3) is 0 Å². The van der Waals surface area contributed by atoms with Gasteiger partial charge < -0.3 is 0 Å². The zero-order valence-electron chi connectivity index (χ0n) is 16.1. The van der Waals surface area contributed by atoms with E-state index in [4.69, 9.17) is 11.4 Å². The summed E-state index contributed by atoms with van der Waals surface area (Å²) in [5, 5.41) is 0. The first-order valence-electron chi connectivity index (χ1n) is 9.75. The van der Waals surface area contributed by atoms with Crippen molar-refractivity contribution in [2.75, 3.05) is 0 Å². The van der Waals surface area contributed by atoms with E-state index in [1.54, 1.807) is 4.90 Å². The van der Waals surface area contributed by atoms with E-state index in [0.717, 1.165) is 16.7 Å². The number of carbonyl (C=O) groups is 1. The van der Waals surface area contributed by atoms with Gasteiger partial charge in [-0.1, -0.05) is 91.0 Å². The van der Waals surface area contributed by atoms with Crippen molar-refractivity contribution in [3.05, 3.63) is 108 Å². The van der Waals surface area contributed by atoms with Gasteiger partial charge in [0, 0.05) is 12.0 Å². The molecule has 4 rings (SSSR count). The lowest BCUT2D eigenvalue weighted by Gasteiger charge is -2.36. The maximum Gasteiger partial charge on any atom is 0.235 e. The van der Waals surface area contributed by atoms with E-state index in [2.05, 4.69) is 5.92 Å². The monoisotopic (exact) mass is 378 g/mol. The molecule has 0 fully saturated rings. The Morgan fingerprint density at radius 1 is 0.862 bits per heavy atom. The van der Waals surface area contributed by atoms with Crippen LogP contribution in [-0.2, 0) is 11.3 Å². The van der Waals surface area contributed by atoms with Crippen molar-refractivity contribution in [3.63, 3.8) is 0 Å². The lowest BCUT2D eigenvalue weighted by molar-refractivity contribution is -0.133. The van der Waals surface area contributed by atoms with Crippen molar-refractivity contribution >= 4 is 11.7 Å². The zero-order valence-corrected chi connectivity index (χ0v) is 16.1. The number of nitrogens with zero attached hydrogens (tertiary/aromatic N) is 2. The van der Waals surface area contributed by atoms with Gasteiger partial charge in [-0.2, -0.15) is 0 Å². The molecule has 0 aliphatic carbocycles. The highest BCUT2D eigenvalue weighted by Gasteiger charge is 2.39. The molecule has 1 heterocycles. The van der Waals surface area contributed by atoms with Crippen molar-refractivity contribution in [1.82, 2.24) is 4.90 Å². The summed E-state index contributed by atoms with van der Waals surface area (Å²) in [5.41, 5.74) is 2.99. The van der Waals surface area contributed by atoms with Crippen molar-refractivity contribution in [3.8, 4) is 12.3 Å². The topological polar surface area (TPSA) is 32.7 Å². The second-order valence-electron chi connectivity index (χ2n) is 7.10. The molecule has 3 heteroatoms. The molecular weight excluding hydrogens is 356 g/mol. The van der Waals surface area contributed by atoms with Crippen LogP contribution < -0.4 is 0 Å². The van der Waals surface area contributed by atoms with Crippen LogP contribution in [0.3, 0.4) is 0 Å². The summed E-state index contributed by atoms with van der Waals surface area (Å²) in [6, 6.07) is 29.5. The second-order valence-corrected chi connectivity index (χ2v) is 7.10. The first-order valence-corrected chi connectivity index (χ1v) is 9.75. The van der Waals surface area contributed by atoms with Crippen LogP contribution in [0.4, 0.5) is 0 Å². The van der Waals surface area contributed by atoms with Crippen LogP contribution in [0.15, 0.2) is 96.0 Å². The van der Waals surface area contributed by atoms with Crippen molar-refractivity contribution in [2.45, 2.75) is 19.0 Å². The molecule has 0 aromatic heterocycles. The van der Waals surface area contributed by atoms with Gasteiger partial charge >= 0.3 is 0 Å². The van der Waals surface area contributed by atoms with Crippen LogP contribution in [0.25, 0.3) is 0 Å². The summed E-state index contributed by atoms with van der Waals surface area (Å²) in [7, 11) is 0. The molecule has 0 spiro atoms. The SMILES string of the molecule is C#CC[C@H]1C(=O)N(Cc2ccccc2)C(c2ccccc2)=N[C@H]1c1ccccc1. The number of amides is 1. The van der Waals surface area contributed by atoms with Crippen LogP contribution in [0.5, 0.6) is 0 Å². The molecule has 2 atom stereocenters. The summed E-state index contributed by atoms with van der Waals surface area (Å²) in [4.78, 5) is 20.5. The molecule has 0 N–H and O–H groups in total. The first-order chi connectivity index (χ1) is 14.3. The Balaban J connectivity index is 1.83. The molecule has 0 unspecified atom stereocenters. The van der Waals surface area contributed by atoms with Crippen molar-refractivity contribution in [1.29, 1.82) is 0 Å². The van der Waals surface area contributed by atoms with E-state index in [0.29, 0.717) is 18.8 Å². The molecule has 0 saturated heterocycles. The van der Waals surface area contributed by atoms with E-state index in [-0.39, 0.29) is 17.9 Å². The van der Waals surface area contributed by atoms with Crippen LogP contribution in [0, 0.1) is 18.3 Å². The molecule has 3 aromatic carbocycles. The molecular formula is C26H22N2O. The van der Waals surface area contributed by atoms with Crippen molar-refractivity contribution in [2.24, 2.45) is 10.9 Å². The number of benzene rings is 3. The first kappa shape index (κ1) is 18.7. The Hall–Kier alpha value is -3.64. The van der Waals surface area contributed by atoms with Crippen LogP contribution in [0.1, 0.15) is 29.2 Å². The molecule has 3 nitrogen and oxygen atoms in total. The lowest BCUT2D eigenvalue weighted by atomic mass is 9.87. The minimum atomic E-state index is -0.376. The fourth-order valence-corrected chi connectivity index (χ4v) is 3.75. The normalized spacial score (nSPS) is 18.8. The number of carbonyl (C=O) groups excluding carboxylic acids is 1. The minimum Gasteiger partial charge on any atom is -0.292 e. The Kier molecular flexibility index (Phi) is 5.54. The highest BCUT2D eigenvalue weighted by atomic mass is 16.2. The van der Waals surface area contributed by atoms with Crippen LogP contribution in [-0.4, -0.2) is 16.6 Å². The lowest BCUT2D eigenvalue weighted by Crippen LogP contribution is -2.46. The molecule has 1 amide bonds. The Bertz CT molecular complexity index is 1040. The maximum atomic E-state index is 13.6. The number of aliphatic imine (C=N–C) groups is 1. The van der Waals surface area contributed by atoms with Crippen LogP contribution >= 0.6 is 0 Å². The fraction of sp³-hybridized carbons (Fsp3) is 0.154. The summed E-state index contributed by atoms with van der Waals surface area (Å²) in [6.45, 7) is 0.468. The highest BCUT2D eigenvalue weighted by molar-refractivity contribution is 6.10. The van der Waals surface area contributed by atoms with Gasteiger partial charge in [0.1, 0.15) is 5.84 Å². The third-order valence-corrected chi connectivity index (χ3v) is 5.18. The minimum absolute atomic E-state index is 0.0227. The zero-order chi connectivity index (χ0) is 20.1. The Morgan fingerprint density at radius 2 is 1.45 bits per heavy atom. The molecule has 142 valence electrons. The molecule has 0 radical (unpaired) electrons. The summed E-state index contributed by atoms with van der Waals surface area (Å²) in [6.07, 6.45) is 5.99. The predicted octanol–water partition coefficient (Wildman–Crippen LogP) is 4.86. The number of amidine groups is 1. The van der Waals surface area contributed by atoms with Gasteiger partial charge in [0.15, 0.2) is 0 Å². The molecule has 3 aromatic rings. The second kappa shape index (κ2) is 8.58. The Morgan fingerprint density at radius 3 is 2.07 bits per heavy atom. The van der Waals surface area contributed by atoms with Gasteiger partial charge in [0.05, 0.1) is 18.5 Å². The standard InChI is InChI=1S/C26H22N2O/c1-2-12-23-24(21-15-8-4-9-16-21)27-25(22-17-10-5-11-18-22)28(26(23)29)19-20-13-6-3-7-14-20/h1,3-11,13-18,23-24H,12,19H2/t23-,24+/m1/s1. The van der Waals surface area contributed by atoms with E-state index < -0.39 is 0 Å². The molecule has 0 saturated carbocycles. The molecule has 29 heavy (non-hydrogen) atoms.